The smallest absolute Gasteiger partial charge is 0.279 e. The second-order valence-corrected chi connectivity index (χ2v) is 2.33. The summed E-state index contributed by atoms with van der Waals surface area (Å²) in [7, 11) is -5.84. The summed E-state index contributed by atoms with van der Waals surface area (Å²) < 4.78 is 57.5. The van der Waals surface area contributed by atoms with Crippen LogP contribution in [0.2, 0.25) is 0 Å². The molecule has 0 heterocycles. The minimum Gasteiger partial charge on any atom is -0.279 e. The molecule has 9 heavy (non-hydrogen) atoms. The maximum Gasteiger partial charge on any atom is 0.522 e. The third-order valence-electron chi connectivity index (χ3n) is 0.292. The molecule has 0 aliphatic rings. The summed E-state index contributed by atoms with van der Waals surface area (Å²) in [6, 6.07) is 0. The molecule has 3 radical (unpaired) electrons. The molecule has 0 aliphatic heterocycles. The van der Waals surface area contributed by atoms with E-state index in [1.54, 1.807) is 0 Å². The van der Waals surface area contributed by atoms with E-state index in [-0.39, 0.29) is 24.4 Å². The standard InChI is InChI=1S/CHF3O3S.Sb/c2-1(3,4)8(5,6)7;/h(H,5,6,7);. The maximum absolute atomic E-state index is 10.7. The van der Waals surface area contributed by atoms with Gasteiger partial charge in [0.25, 0.3) is 0 Å². The van der Waals surface area contributed by atoms with Crippen molar-refractivity contribution in [2.45, 2.75) is 5.51 Å². The first kappa shape index (κ1) is 12.2. The van der Waals surface area contributed by atoms with Gasteiger partial charge >= 0.3 is 15.6 Å². The summed E-state index contributed by atoms with van der Waals surface area (Å²) in [5.41, 5.74) is -5.53. The second-order valence-electron chi connectivity index (χ2n) is 0.921. The molecule has 0 bridgehead atoms. The van der Waals surface area contributed by atoms with Gasteiger partial charge in [0.15, 0.2) is 0 Å². The van der Waals surface area contributed by atoms with Crippen molar-refractivity contribution in [3.63, 3.8) is 0 Å². The molecule has 0 saturated heterocycles. The Bertz CT molecular complexity index is 168. The predicted octanol–water partition coefficient (Wildman–Crippen LogP) is 0.0132. The molecule has 0 spiro atoms. The van der Waals surface area contributed by atoms with E-state index in [9.17, 15) is 13.2 Å². The van der Waals surface area contributed by atoms with Gasteiger partial charge in [0.2, 0.25) is 0 Å². The number of hydrogen-bond donors (Lipinski definition) is 1. The molecule has 0 aromatic rings. The van der Waals surface area contributed by atoms with E-state index in [4.69, 9.17) is 13.0 Å². The Morgan fingerprint density at radius 3 is 1.33 bits per heavy atom. The monoisotopic (exact) mass is 271 g/mol. The van der Waals surface area contributed by atoms with Gasteiger partial charge in [0, 0.05) is 24.4 Å². The molecule has 0 aromatic heterocycles. The molecule has 0 aromatic carbocycles. The molecule has 1 N–H and O–H groups in total. The van der Waals surface area contributed by atoms with E-state index >= 15 is 0 Å². The summed E-state index contributed by atoms with van der Waals surface area (Å²) in [4.78, 5) is 0. The Kier molecular flexibility index (Phi) is 4.17. The fraction of sp³-hybridized carbons (Fsp3) is 1.00. The van der Waals surface area contributed by atoms with Gasteiger partial charge in [-0.2, -0.15) is 21.6 Å². The molecule has 3 nitrogen and oxygen atoms in total. The van der Waals surface area contributed by atoms with Crippen LogP contribution < -0.4 is 0 Å². The van der Waals surface area contributed by atoms with Crippen molar-refractivity contribution >= 4 is 34.5 Å². The summed E-state index contributed by atoms with van der Waals surface area (Å²) in [5, 5.41) is 0. The van der Waals surface area contributed by atoms with E-state index in [0.29, 0.717) is 0 Å². The van der Waals surface area contributed by atoms with Gasteiger partial charge in [0.05, 0.1) is 0 Å². The van der Waals surface area contributed by atoms with Crippen molar-refractivity contribution in [3.8, 4) is 0 Å². The third kappa shape index (κ3) is 3.99. The van der Waals surface area contributed by atoms with Gasteiger partial charge in [-0.15, -0.1) is 0 Å². The zero-order chi connectivity index (χ0) is 7.00. The van der Waals surface area contributed by atoms with Crippen LogP contribution in [0.5, 0.6) is 0 Å². The molecule has 55 valence electrons. The largest absolute Gasteiger partial charge is 0.522 e. The molecule has 0 saturated carbocycles. The molecule has 8 heteroatoms. The first-order chi connectivity index (χ1) is 3.25. The maximum atomic E-state index is 10.7. The normalized spacial score (nSPS) is 12.4. The van der Waals surface area contributed by atoms with Crippen LogP contribution in [0.4, 0.5) is 13.2 Å². The Labute approximate surface area is 66.4 Å². The summed E-state index contributed by atoms with van der Waals surface area (Å²) in [6.45, 7) is 0. The van der Waals surface area contributed by atoms with Crippen molar-refractivity contribution in [1.82, 2.24) is 0 Å². The van der Waals surface area contributed by atoms with Gasteiger partial charge in [-0.05, 0) is 0 Å². The summed E-state index contributed by atoms with van der Waals surface area (Å²) >= 11 is 0. The van der Waals surface area contributed by atoms with Crippen LogP contribution in [0.1, 0.15) is 0 Å². The number of halogens is 3. The Balaban J connectivity index is 0. The SMILES string of the molecule is O=S(=O)(O)C(F)(F)F.[Sb]. The molecule has 0 rings (SSSR count). The van der Waals surface area contributed by atoms with Gasteiger partial charge in [-0.25, -0.2) is 0 Å². The Morgan fingerprint density at radius 1 is 1.22 bits per heavy atom. The fourth-order valence-corrected chi connectivity index (χ4v) is 0. The van der Waals surface area contributed by atoms with Crippen LogP contribution in [0.3, 0.4) is 0 Å². The third-order valence-corrected chi connectivity index (χ3v) is 0.877. The summed E-state index contributed by atoms with van der Waals surface area (Å²) in [5.74, 6) is 0. The zero-order valence-corrected chi connectivity index (χ0v) is 7.12. The van der Waals surface area contributed by atoms with E-state index in [2.05, 4.69) is 0 Å². The second kappa shape index (κ2) is 3.07. The molecular formula is CHF3O3SSb. The van der Waals surface area contributed by atoms with Crippen molar-refractivity contribution < 1.29 is 26.1 Å². The molecule has 0 amide bonds. The van der Waals surface area contributed by atoms with E-state index in [0.717, 1.165) is 0 Å². The van der Waals surface area contributed by atoms with Crippen molar-refractivity contribution in [2.75, 3.05) is 0 Å². The topological polar surface area (TPSA) is 54.4 Å². The van der Waals surface area contributed by atoms with Crippen molar-refractivity contribution in [1.29, 1.82) is 0 Å². The Hall–Kier alpha value is 0.518. The molecular weight excluding hydrogens is 271 g/mol. The fourth-order valence-electron chi connectivity index (χ4n) is 0. The number of rotatable bonds is 0. The Morgan fingerprint density at radius 2 is 1.33 bits per heavy atom. The first-order valence-corrected chi connectivity index (χ1v) is 2.73. The van der Waals surface area contributed by atoms with Gasteiger partial charge in [-0.3, -0.25) is 4.55 Å². The minimum atomic E-state index is -5.84. The predicted molar refractivity (Wildman–Crippen MR) is 23.4 cm³/mol. The van der Waals surface area contributed by atoms with E-state index < -0.39 is 15.6 Å². The van der Waals surface area contributed by atoms with E-state index in [1.165, 1.54) is 0 Å². The summed E-state index contributed by atoms with van der Waals surface area (Å²) in [6.07, 6.45) is 0. The zero-order valence-electron chi connectivity index (χ0n) is 3.75. The first-order valence-electron chi connectivity index (χ1n) is 1.29. The van der Waals surface area contributed by atoms with Gasteiger partial charge in [0.1, 0.15) is 0 Å². The molecule has 0 aliphatic carbocycles. The number of hydrogen-bond acceptors (Lipinski definition) is 2. The molecule has 0 fully saturated rings. The average Bonchev–Trinajstić information content (AvgIpc) is 1.25. The van der Waals surface area contributed by atoms with Crippen LogP contribution in [0, 0.1) is 0 Å². The minimum absolute atomic E-state index is 0. The van der Waals surface area contributed by atoms with Gasteiger partial charge in [-0.1, -0.05) is 0 Å². The van der Waals surface area contributed by atoms with Crippen LogP contribution in [-0.2, 0) is 10.1 Å². The number of alkyl halides is 3. The van der Waals surface area contributed by atoms with Gasteiger partial charge < -0.3 is 0 Å². The van der Waals surface area contributed by atoms with Crippen LogP contribution >= 0.6 is 0 Å². The van der Waals surface area contributed by atoms with Crippen LogP contribution in [0.25, 0.3) is 0 Å². The average molecular weight is 272 g/mol. The van der Waals surface area contributed by atoms with Crippen molar-refractivity contribution in [3.05, 3.63) is 0 Å². The van der Waals surface area contributed by atoms with E-state index in [1.807, 2.05) is 0 Å². The molecule has 0 unspecified atom stereocenters. The van der Waals surface area contributed by atoms with Crippen LogP contribution in [0.15, 0.2) is 0 Å². The van der Waals surface area contributed by atoms with Crippen molar-refractivity contribution in [2.24, 2.45) is 0 Å². The van der Waals surface area contributed by atoms with Crippen LogP contribution in [-0.4, -0.2) is 42.9 Å². The quantitative estimate of drug-likeness (QED) is 0.384. The molecule has 0 atom stereocenters.